The van der Waals surface area contributed by atoms with Gasteiger partial charge in [0.2, 0.25) is 0 Å². The van der Waals surface area contributed by atoms with Gasteiger partial charge in [-0.05, 0) is 56.8 Å². The Hall–Kier alpha value is -0.120. The summed E-state index contributed by atoms with van der Waals surface area (Å²) in [6.45, 7) is 8.09. The van der Waals surface area contributed by atoms with Crippen LogP contribution >= 0.6 is 0 Å². The Morgan fingerprint density at radius 2 is 1.94 bits per heavy atom. The molecule has 0 bridgehead atoms. The van der Waals surface area contributed by atoms with Crippen molar-refractivity contribution in [3.8, 4) is 0 Å². The summed E-state index contributed by atoms with van der Waals surface area (Å²) in [4.78, 5) is 0. The molecule has 2 aliphatic rings. The highest BCUT2D eigenvalue weighted by molar-refractivity contribution is 5.04. The maximum absolute atomic E-state index is 5.75. The van der Waals surface area contributed by atoms with Gasteiger partial charge in [-0.15, -0.1) is 0 Å². The molecular formula is C15H29NO2. The van der Waals surface area contributed by atoms with Crippen molar-refractivity contribution in [3.05, 3.63) is 0 Å². The SMILES string of the molecule is COCCNCC1(CCOC(C)C)CC2CC2C1. The highest BCUT2D eigenvalue weighted by Gasteiger charge is 2.53. The number of methoxy groups -OCH3 is 1. The van der Waals surface area contributed by atoms with Crippen LogP contribution in [0.25, 0.3) is 0 Å². The molecule has 3 heteroatoms. The first-order valence-corrected chi connectivity index (χ1v) is 7.46. The van der Waals surface area contributed by atoms with E-state index in [1.807, 2.05) is 0 Å². The molecule has 2 atom stereocenters. The van der Waals surface area contributed by atoms with E-state index >= 15 is 0 Å². The third-order valence-electron chi connectivity index (χ3n) is 4.53. The molecule has 0 amide bonds. The second kappa shape index (κ2) is 6.36. The van der Waals surface area contributed by atoms with Crippen molar-refractivity contribution in [2.45, 2.75) is 45.6 Å². The molecule has 2 rings (SSSR count). The molecule has 18 heavy (non-hydrogen) atoms. The van der Waals surface area contributed by atoms with E-state index < -0.39 is 0 Å². The molecule has 0 aromatic heterocycles. The maximum atomic E-state index is 5.75. The molecule has 106 valence electrons. The molecule has 3 nitrogen and oxygen atoms in total. The quantitative estimate of drug-likeness (QED) is 0.642. The van der Waals surface area contributed by atoms with Gasteiger partial charge in [0.05, 0.1) is 12.7 Å². The summed E-state index contributed by atoms with van der Waals surface area (Å²) in [7, 11) is 1.76. The van der Waals surface area contributed by atoms with Gasteiger partial charge in [0.15, 0.2) is 0 Å². The van der Waals surface area contributed by atoms with E-state index in [2.05, 4.69) is 19.2 Å². The normalized spacial score (nSPS) is 34.0. The number of ether oxygens (including phenoxy) is 2. The monoisotopic (exact) mass is 255 g/mol. The standard InChI is InChI=1S/C15H29NO2/c1-12(2)18-6-4-15(11-16-5-7-17-3)9-13-8-14(13)10-15/h12-14,16H,4-11H2,1-3H3. The fourth-order valence-electron chi connectivity index (χ4n) is 3.48. The highest BCUT2D eigenvalue weighted by Crippen LogP contribution is 2.60. The molecule has 0 saturated heterocycles. The summed E-state index contributed by atoms with van der Waals surface area (Å²) < 4.78 is 10.8. The minimum absolute atomic E-state index is 0.361. The van der Waals surface area contributed by atoms with Crippen molar-refractivity contribution < 1.29 is 9.47 Å². The predicted molar refractivity (Wildman–Crippen MR) is 73.7 cm³/mol. The molecular weight excluding hydrogens is 226 g/mol. The van der Waals surface area contributed by atoms with Crippen LogP contribution in [-0.4, -0.2) is 39.5 Å². The van der Waals surface area contributed by atoms with Gasteiger partial charge in [-0.3, -0.25) is 0 Å². The minimum Gasteiger partial charge on any atom is -0.383 e. The van der Waals surface area contributed by atoms with E-state index in [9.17, 15) is 0 Å². The van der Waals surface area contributed by atoms with Gasteiger partial charge in [0, 0.05) is 26.8 Å². The van der Waals surface area contributed by atoms with Crippen molar-refractivity contribution in [1.29, 1.82) is 0 Å². The second-order valence-corrected chi connectivity index (χ2v) is 6.50. The predicted octanol–water partition coefficient (Wildman–Crippen LogP) is 2.45. The van der Waals surface area contributed by atoms with Crippen LogP contribution in [0.1, 0.15) is 39.5 Å². The lowest BCUT2D eigenvalue weighted by Crippen LogP contribution is -2.36. The Morgan fingerprint density at radius 1 is 1.22 bits per heavy atom. The van der Waals surface area contributed by atoms with Crippen molar-refractivity contribution in [2.75, 3.05) is 33.4 Å². The molecule has 0 aromatic carbocycles. The molecule has 1 N–H and O–H groups in total. The Balaban J connectivity index is 1.73. The van der Waals surface area contributed by atoms with Crippen molar-refractivity contribution in [1.82, 2.24) is 5.32 Å². The van der Waals surface area contributed by atoms with Crippen LogP contribution in [0.3, 0.4) is 0 Å². The number of nitrogens with one attached hydrogen (secondary N) is 1. The number of fused-ring (bicyclic) bond motifs is 1. The number of rotatable bonds is 9. The topological polar surface area (TPSA) is 30.5 Å². The van der Waals surface area contributed by atoms with Crippen LogP contribution in [0.4, 0.5) is 0 Å². The number of hydrogen-bond acceptors (Lipinski definition) is 3. The summed E-state index contributed by atoms with van der Waals surface area (Å²) in [6.07, 6.45) is 5.90. The largest absolute Gasteiger partial charge is 0.383 e. The lowest BCUT2D eigenvalue weighted by atomic mass is 9.80. The third-order valence-corrected chi connectivity index (χ3v) is 4.53. The lowest BCUT2D eigenvalue weighted by Gasteiger charge is -2.31. The van der Waals surface area contributed by atoms with Gasteiger partial charge in [0.1, 0.15) is 0 Å². The van der Waals surface area contributed by atoms with E-state index in [4.69, 9.17) is 9.47 Å². The van der Waals surface area contributed by atoms with E-state index in [0.717, 1.165) is 38.1 Å². The van der Waals surface area contributed by atoms with Crippen LogP contribution in [0, 0.1) is 17.3 Å². The Morgan fingerprint density at radius 3 is 2.56 bits per heavy atom. The first-order valence-electron chi connectivity index (χ1n) is 7.46. The van der Waals surface area contributed by atoms with Crippen LogP contribution in [0.2, 0.25) is 0 Å². The molecule has 0 aromatic rings. The average molecular weight is 255 g/mol. The van der Waals surface area contributed by atoms with E-state index in [1.54, 1.807) is 7.11 Å². The number of hydrogen-bond donors (Lipinski definition) is 1. The first-order chi connectivity index (χ1) is 8.65. The van der Waals surface area contributed by atoms with Gasteiger partial charge in [-0.2, -0.15) is 0 Å². The van der Waals surface area contributed by atoms with Gasteiger partial charge in [-0.1, -0.05) is 0 Å². The summed E-state index contributed by atoms with van der Waals surface area (Å²) in [5.74, 6) is 2.07. The summed E-state index contributed by atoms with van der Waals surface area (Å²) in [5, 5.41) is 3.57. The molecule has 0 aliphatic heterocycles. The molecule has 2 aliphatic carbocycles. The molecule has 2 unspecified atom stereocenters. The molecule has 0 spiro atoms. The Kier molecular flexibility index (Phi) is 5.05. The fourth-order valence-corrected chi connectivity index (χ4v) is 3.48. The van der Waals surface area contributed by atoms with E-state index in [0.29, 0.717) is 11.5 Å². The zero-order valence-electron chi connectivity index (χ0n) is 12.2. The Bertz CT molecular complexity index is 245. The molecule has 2 saturated carbocycles. The van der Waals surface area contributed by atoms with Crippen LogP contribution in [-0.2, 0) is 9.47 Å². The van der Waals surface area contributed by atoms with Crippen molar-refractivity contribution in [3.63, 3.8) is 0 Å². The van der Waals surface area contributed by atoms with Gasteiger partial charge in [0.25, 0.3) is 0 Å². The van der Waals surface area contributed by atoms with Crippen LogP contribution in [0.15, 0.2) is 0 Å². The summed E-state index contributed by atoms with van der Waals surface area (Å²) in [5.41, 5.74) is 0.510. The van der Waals surface area contributed by atoms with Crippen molar-refractivity contribution in [2.24, 2.45) is 17.3 Å². The molecule has 0 radical (unpaired) electrons. The van der Waals surface area contributed by atoms with Gasteiger partial charge < -0.3 is 14.8 Å². The highest BCUT2D eigenvalue weighted by atomic mass is 16.5. The second-order valence-electron chi connectivity index (χ2n) is 6.50. The maximum Gasteiger partial charge on any atom is 0.0587 e. The first kappa shape index (κ1) is 14.3. The van der Waals surface area contributed by atoms with Crippen LogP contribution < -0.4 is 5.32 Å². The third kappa shape index (κ3) is 3.94. The van der Waals surface area contributed by atoms with E-state index in [1.165, 1.54) is 25.7 Å². The smallest absolute Gasteiger partial charge is 0.0587 e. The lowest BCUT2D eigenvalue weighted by molar-refractivity contribution is 0.0480. The zero-order chi connectivity index (χ0) is 13.0. The minimum atomic E-state index is 0.361. The Labute approximate surface area is 112 Å². The van der Waals surface area contributed by atoms with Gasteiger partial charge in [-0.25, -0.2) is 0 Å². The molecule has 2 fully saturated rings. The zero-order valence-corrected chi connectivity index (χ0v) is 12.2. The fraction of sp³-hybridized carbons (Fsp3) is 1.00. The average Bonchev–Trinajstić information content (AvgIpc) is 2.93. The van der Waals surface area contributed by atoms with Gasteiger partial charge >= 0.3 is 0 Å². The summed E-state index contributed by atoms with van der Waals surface area (Å²) >= 11 is 0. The summed E-state index contributed by atoms with van der Waals surface area (Å²) in [6, 6.07) is 0. The van der Waals surface area contributed by atoms with Crippen molar-refractivity contribution >= 4 is 0 Å². The van der Waals surface area contributed by atoms with E-state index in [-0.39, 0.29) is 0 Å². The van der Waals surface area contributed by atoms with Crippen LogP contribution in [0.5, 0.6) is 0 Å². The molecule has 0 heterocycles.